The lowest BCUT2D eigenvalue weighted by Gasteiger charge is -2.37. The van der Waals surface area contributed by atoms with E-state index in [9.17, 15) is 8.42 Å². The molecule has 2 heterocycles. The Kier molecular flexibility index (Phi) is 5.04. The van der Waals surface area contributed by atoms with E-state index in [0.717, 1.165) is 45.3 Å². The third-order valence-electron chi connectivity index (χ3n) is 4.17. The van der Waals surface area contributed by atoms with Gasteiger partial charge in [0.25, 0.3) is 0 Å². The normalized spacial score (nSPS) is 34.1. The molecule has 3 atom stereocenters. The highest BCUT2D eigenvalue weighted by molar-refractivity contribution is 7.92. The summed E-state index contributed by atoms with van der Waals surface area (Å²) in [6, 6.07) is 0.0839. The Balaban J connectivity index is 2.12. The molecular formula is C13H25NO3S. The second-order valence-electron chi connectivity index (χ2n) is 5.46. The van der Waals surface area contributed by atoms with Crippen LogP contribution in [0.25, 0.3) is 0 Å². The van der Waals surface area contributed by atoms with Gasteiger partial charge in [0.05, 0.1) is 17.6 Å². The number of ether oxygens (including phenoxy) is 1. The Morgan fingerprint density at radius 2 is 2.11 bits per heavy atom. The van der Waals surface area contributed by atoms with Crippen molar-refractivity contribution in [1.29, 1.82) is 0 Å². The molecule has 0 aromatic rings. The summed E-state index contributed by atoms with van der Waals surface area (Å²) < 4.78 is 30.1. The van der Waals surface area contributed by atoms with Crippen LogP contribution in [0.3, 0.4) is 0 Å². The maximum atomic E-state index is 12.3. The van der Waals surface area contributed by atoms with E-state index in [2.05, 4.69) is 5.32 Å². The molecule has 2 aliphatic heterocycles. The van der Waals surface area contributed by atoms with Crippen molar-refractivity contribution in [3.8, 4) is 0 Å². The van der Waals surface area contributed by atoms with Gasteiger partial charge in [0.1, 0.15) is 0 Å². The molecule has 2 aliphatic rings. The fourth-order valence-corrected chi connectivity index (χ4v) is 5.47. The molecule has 106 valence electrons. The van der Waals surface area contributed by atoms with Gasteiger partial charge in [-0.1, -0.05) is 13.3 Å². The lowest BCUT2D eigenvalue weighted by Crippen LogP contribution is -2.52. The number of rotatable bonds is 4. The third-order valence-corrected chi connectivity index (χ3v) is 6.48. The van der Waals surface area contributed by atoms with Crippen molar-refractivity contribution in [3.63, 3.8) is 0 Å². The van der Waals surface area contributed by atoms with Crippen molar-refractivity contribution >= 4 is 9.84 Å². The standard InChI is InChI=1S/C13H25NO3S/c1-2-14-13(11-6-5-8-17-10-11)12-7-3-4-9-18(12,15)16/h11-14H,2-10H2,1H3. The Hall–Kier alpha value is -0.130. The number of hydrogen-bond donors (Lipinski definition) is 1. The Morgan fingerprint density at radius 1 is 1.28 bits per heavy atom. The van der Waals surface area contributed by atoms with Gasteiger partial charge in [-0.3, -0.25) is 0 Å². The zero-order chi connectivity index (χ0) is 13.0. The summed E-state index contributed by atoms with van der Waals surface area (Å²) in [6.45, 7) is 4.41. The van der Waals surface area contributed by atoms with Crippen molar-refractivity contribution < 1.29 is 13.2 Å². The summed E-state index contributed by atoms with van der Waals surface area (Å²) in [4.78, 5) is 0. The zero-order valence-electron chi connectivity index (χ0n) is 11.2. The molecule has 0 spiro atoms. The van der Waals surface area contributed by atoms with E-state index >= 15 is 0 Å². The maximum absolute atomic E-state index is 12.3. The molecule has 5 heteroatoms. The summed E-state index contributed by atoms with van der Waals surface area (Å²) >= 11 is 0. The van der Waals surface area contributed by atoms with Crippen LogP contribution in [0.4, 0.5) is 0 Å². The Morgan fingerprint density at radius 3 is 2.72 bits per heavy atom. The molecule has 0 saturated carbocycles. The van der Waals surface area contributed by atoms with Crippen LogP contribution in [0, 0.1) is 5.92 Å². The lowest BCUT2D eigenvalue weighted by atomic mass is 9.89. The molecule has 1 N–H and O–H groups in total. The molecule has 0 aromatic carbocycles. The smallest absolute Gasteiger partial charge is 0.154 e. The van der Waals surface area contributed by atoms with Gasteiger partial charge in [-0.25, -0.2) is 8.42 Å². The van der Waals surface area contributed by atoms with Crippen molar-refractivity contribution in [3.05, 3.63) is 0 Å². The molecule has 0 amide bonds. The van der Waals surface area contributed by atoms with E-state index in [0.29, 0.717) is 18.3 Å². The molecule has 2 rings (SSSR count). The van der Waals surface area contributed by atoms with E-state index in [1.807, 2.05) is 6.92 Å². The summed E-state index contributed by atoms with van der Waals surface area (Å²) in [5.41, 5.74) is 0. The van der Waals surface area contributed by atoms with E-state index in [-0.39, 0.29) is 11.3 Å². The highest BCUT2D eigenvalue weighted by Crippen LogP contribution is 2.29. The van der Waals surface area contributed by atoms with Gasteiger partial charge in [-0.2, -0.15) is 0 Å². The third kappa shape index (κ3) is 3.25. The van der Waals surface area contributed by atoms with Crippen LogP contribution in [-0.4, -0.2) is 45.2 Å². The average molecular weight is 275 g/mol. The van der Waals surface area contributed by atoms with Gasteiger partial charge in [0.2, 0.25) is 0 Å². The molecular weight excluding hydrogens is 250 g/mol. The molecule has 3 unspecified atom stereocenters. The Bertz CT molecular complexity index is 349. The number of sulfone groups is 1. The minimum atomic E-state index is -2.91. The van der Waals surface area contributed by atoms with Crippen molar-refractivity contribution in [2.24, 2.45) is 5.92 Å². The molecule has 2 fully saturated rings. The van der Waals surface area contributed by atoms with E-state index in [4.69, 9.17) is 4.74 Å². The van der Waals surface area contributed by atoms with Gasteiger partial charge in [-0.05, 0) is 38.1 Å². The van der Waals surface area contributed by atoms with Gasteiger partial charge in [0.15, 0.2) is 9.84 Å². The van der Waals surface area contributed by atoms with Crippen LogP contribution >= 0.6 is 0 Å². The molecule has 18 heavy (non-hydrogen) atoms. The zero-order valence-corrected chi connectivity index (χ0v) is 12.0. The first-order valence-electron chi connectivity index (χ1n) is 7.18. The predicted molar refractivity (Wildman–Crippen MR) is 72.4 cm³/mol. The molecule has 0 bridgehead atoms. The van der Waals surface area contributed by atoms with Crippen molar-refractivity contribution in [2.45, 2.75) is 50.3 Å². The highest BCUT2D eigenvalue weighted by atomic mass is 32.2. The summed E-state index contributed by atoms with van der Waals surface area (Å²) in [6.07, 6.45) is 4.83. The first-order valence-corrected chi connectivity index (χ1v) is 8.89. The predicted octanol–water partition coefficient (Wildman–Crippen LogP) is 1.36. The van der Waals surface area contributed by atoms with E-state index < -0.39 is 9.84 Å². The largest absolute Gasteiger partial charge is 0.381 e. The lowest BCUT2D eigenvalue weighted by molar-refractivity contribution is 0.0382. The van der Waals surface area contributed by atoms with Crippen LogP contribution in [-0.2, 0) is 14.6 Å². The molecule has 0 aliphatic carbocycles. The minimum absolute atomic E-state index is 0.0839. The van der Waals surface area contributed by atoms with Crippen molar-refractivity contribution in [1.82, 2.24) is 5.32 Å². The van der Waals surface area contributed by atoms with Gasteiger partial charge < -0.3 is 10.1 Å². The van der Waals surface area contributed by atoms with Gasteiger partial charge in [-0.15, -0.1) is 0 Å². The number of nitrogens with one attached hydrogen (secondary N) is 1. The number of hydrogen-bond acceptors (Lipinski definition) is 4. The molecule has 4 nitrogen and oxygen atoms in total. The summed E-state index contributed by atoms with van der Waals surface area (Å²) in [5.74, 6) is 0.726. The Labute approximate surface area is 110 Å². The van der Waals surface area contributed by atoms with E-state index in [1.165, 1.54) is 0 Å². The van der Waals surface area contributed by atoms with Crippen LogP contribution in [0.2, 0.25) is 0 Å². The fourth-order valence-electron chi connectivity index (χ4n) is 3.27. The highest BCUT2D eigenvalue weighted by Gasteiger charge is 2.39. The average Bonchev–Trinajstić information content (AvgIpc) is 2.37. The fraction of sp³-hybridized carbons (Fsp3) is 1.00. The van der Waals surface area contributed by atoms with Crippen LogP contribution in [0.5, 0.6) is 0 Å². The van der Waals surface area contributed by atoms with Crippen LogP contribution in [0.15, 0.2) is 0 Å². The van der Waals surface area contributed by atoms with Gasteiger partial charge in [0, 0.05) is 12.6 Å². The summed E-state index contributed by atoms with van der Waals surface area (Å²) in [7, 11) is -2.91. The monoisotopic (exact) mass is 275 g/mol. The maximum Gasteiger partial charge on any atom is 0.154 e. The molecule has 0 aromatic heterocycles. The second kappa shape index (κ2) is 6.35. The van der Waals surface area contributed by atoms with Crippen LogP contribution in [0.1, 0.15) is 39.0 Å². The molecule has 2 saturated heterocycles. The molecule has 0 radical (unpaired) electrons. The first-order chi connectivity index (χ1) is 8.65. The van der Waals surface area contributed by atoms with Crippen LogP contribution < -0.4 is 5.32 Å². The second-order valence-corrected chi connectivity index (χ2v) is 7.80. The minimum Gasteiger partial charge on any atom is -0.381 e. The van der Waals surface area contributed by atoms with E-state index in [1.54, 1.807) is 0 Å². The SMILES string of the molecule is CCNC(C1CCCOC1)C1CCCCS1(=O)=O. The topological polar surface area (TPSA) is 55.4 Å². The first kappa shape index (κ1) is 14.3. The van der Waals surface area contributed by atoms with Gasteiger partial charge >= 0.3 is 0 Å². The van der Waals surface area contributed by atoms with Crippen molar-refractivity contribution in [2.75, 3.05) is 25.5 Å². The summed E-state index contributed by atoms with van der Waals surface area (Å²) in [5, 5.41) is 3.22. The quantitative estimate of drug-likeness (QED) is 0.841.